The van der Waals surface area contributed by atoms with E-state index < -0.39 is 0 Å². The van der Waals surface area contributed by atoms with E-state index in [-0.39, 0.29) is 6.67 Å². The second kappa shape index (κ2) is 6.36. The number of aliphatic imine (C=N–C) groups is 1. The smallest absolute Gasteiger partial charge is 0.247 e. The maximum atomic E-state index is 11.1. The number of hydrogen-bond donors (Lipinski definition) is 2. The molecule has 0 aromatic carbocycles. The van der Waals surface area contributed by atoms with Crippen LogP contribution in [-0.4, -0.2) is 44.8 Å². The van der Waals surface area contributed by atoms with Crippen molar-refractivity contribution >= 4 is 17.1 Å². The van der Waals surface area contributed by atoms with Crippen LogP contribution in [0.2, 0.25) is 0 Å². The van der Waals surface area contributed by atoms with E-state index in [2.05, 4.69) is 43.2 Å². The third kappa shape index (κ3) is 4.06. The minimum atomic E-state index is 0.156. The molecule has 3 rings (SSSR count). The van der Waals surface area contributed by atoms with E-state index in [1.807, 2.05) is 0 Å². The Morgan fingerprint density at radius 1 is 1.14 bits per heavy atom. The van der Waals surface area contributed by atoms with E-state index in [4.69, 9.17) is 5.21 Å². The first-order chi connectivity index (χ1) is 10.2. The molecule has 2 fully saturated rings. The summed E-state index contributed by atoms with van der Waals surface area (Å²) < 4.78 is 0.861. The lowest BCUT2D eigenvalue weighted by atomic mass is 9.83. The first kappa shape index (κ1) is 16.9. The number of nitrogens with zero attached hydrogens (tertiary/aromatic N) is 3. The van der Waals surface area contributed by atoms with E-state index >= 15 is 0 Å². The topological polar surface area (TPSA) is 83.0 Å². The van der Waals surface area contributed by atoms with Gasteiger partial charge in [0.1, 0.15) is 5.71 Å². The molecule has 0 bridgehead atoms. The number of hydrogen-bond acceptors (Lipinski definition) is 5. The highest BCUT2D eigenvalue weighted by molar-refractivity contribution is 6.68. The van der Waals surface area contributed by atoms with E-state index in [0.29, 0.717) is 34.6 Å². The van der Waals surface area contributed by atoms with Crippen LogP contribution in [0.15, 0.2) is 10.1 Å². The van der Waals surface area contributed by atoms with Crippen LogP contribution >= 0.6 is 0 Å². The summed E-state index contributed by atoms with van der Waals surface area (Å²) in [6.07, 6.45) is 6.33. The lowest BCUT2D eigenvalue weighted by Gasteiger charge is -2.42. The molecule has 22 heavy (non-hydrogen) atoms. The van der Waals surface area contributed by atoms with Crippen molar-refractivity contribution in [3.63, 3.8) is 0 Å². The van der Waals surface area contributed by atoms with E-state index in [9.17, 15) is 5.21 Å². The van der Waals surface area contributed by atoms with Gasteiger partial charge in [0.15, 0.2) is 5.71 Å². The minimum absolute atomic E-state index is 0.156. The molecular formula is C16H28N4O2. The first-order valence-electron chi connectivity index (χ1n) is 8.10. The van der Waals surface area contributed by atoms with Gasteiger partial charge in [-0.25, -0.2) is 4.99 Å². The van der Waals surface area contributed by atoms with Gasteiger partial charge in [0.2, 0.25) is 12.4 Å². The summed E-state index contributed by atoms with van der Waals surface area (Å²) in [7, 11) is 0. The van der Waals surface area contributed by atoms with Crippen LogP contribution in [-0.2, 0) is 0 Å². The van der Waals surface area contributed by atoms with Gasteiger partial charge in [0.25, 0.3) is 0 Å². The van der Waals surface area contributed by atoms with Gasteiger partial charge in [0.05, 0.1) is 0 Å². The Kier molecular flexibility index (Phi) is 4.90. The summed E-state index contributed by atoms with van der Waals surface area (Å²) in [5.41, 5.74) is 2.56. The van der Waals surface area contributed by atoms with Gasteiger partial charge in [-0.2, -0.15) is 4.74 Å². The average Bonchev–Trinajstić information content (AvgIpc) is 2.79. The molecule has 2 N–H and O–H groups in total. The molecule has 1 aliphatic carbocycles. The Labute approximate surface area is 132 Å². The molecular weight excluding hydrogens is 280 g/mol. The number of fused-ring (bicyclic) bond motifs is 1. The Bertz CT molecular complexity index is 504. The zero-order valence-corrected chi connectivity index (χ0v) is 14.1. The molecule has 0 unspecified atom stereocenters. The molecule has 1 saturated heterocycles. The van der Waals surface area contributed by atoms with Crippen molar-refractivity contribution in [3.8, 4) is 0 Å². The largest absolute Gasteiger partial charge is 0.622 e. The monoisotopic (exact) mass is 308 g/mol. The van der Waals surface area contributed by atoms with E-state index in [1.165, 1.54) is 19.3 Å². The third-order valence-electron chi connectivity index (χ3n) is 4.43. The molecule has 0 spiro atoms. The predicted octanol–water partition coefficient (Wildman–Crippen LogP) is 2.68. The summed E-state index contributed by atoms with van der Waals surface area (Å²) in [5.74, 6) is 0. The van der Waals surface area contributed by atoms with Crippen molar-refractivity contribution in [1.29, 1.82) is 0 Å². The zero-order valence-electron chi connectivity index (χ0n) is 14.1. The van der Waals surface area contributed by atoms with Crippen LogP contribution < -0.4 is 5.32 Å². The summed E-state index contributed by atoms with van der Waals surface area (Å²) >= 11 is 0. The van der Waals surface area contributed by atoms with E-state index in [0.717, 1.165) is 17.6 Å². The Morgan fingerprint density at radius 2 is 1.77 bits per heavy atom. The average molecular weight is 308 g/mol. The van der Waals surface area contributed by atoms with Gasteiger partial charge < -0.3 is 15.7 Å². The molecule has 2 heterocycles. The number of hydroxylamine groups is 1. The van der Waals surface area contributed by atoms with Gasteiger partial charge in [-0.05, 0) is 59.8 Å². The normalized spacial score (nSPS) is 27.8. The van der Waals surface area contributed by atoms with E-state index in [1.54, 1.807) is 0 Å². The molecule has 3 aliphatic rings. The highest BCUT2D eigenvalue weighted by atomic mass is 16.5. The number of oxime groups is 1. The van der Waals surface area contributed by atoms with Crippen molar-refractivity contribution in [1.82, 2.24) is 5.32 Å². The summed E-state index contributed by atoms with van der Waals surface area (Å²) in [6, 6.07) is 0. The maximum Gasteiger partial charge on any atom is 0.247 e. The molecule has 0 aromatic heterocycles. The zero-order chi connectivity index (χ0) is 16.4. The summed E-state index contributed by atoms with van der Waals surface area (Å²) in [6.45, 7) is 9.30. The van der Waals surface area contributed by atoms with Crippen molar-refractivity contribution in [2.24, 2.45) is 10.1 Å². The van der Waals surface area contributed by atoms with Crippen LogP contribution in [0.4, 0.5) is 0 Å². The second-order valence-corrected chi connectivity index (χ2v) is 7.62. The standard InChI is InChI=1S/C9H19N.C7H9N3O2/c1-8(2)6-5-7-9(3,4)10-8;11-9-5-2-1-3-6-7(5)8-4-10(6)12/h10H,5-7H2,1-4H3;11H,1-4H2/b;9-5+. The van der Waals surface area contributed by atoms with Crippen LogP contribution in [0.25, 0.3) is 0 Å². The predicted molar refractivity (Wildman–Crippen MR) is 89.2 cm³/mol. The van der Waals surface area contributed by atoms with Crippen LogP contribution in [0.1, 0.15) is 66.2 Å². The number of piperidine rings is 1. The molecule has 1 saturated carbocycles. The summed E-state index contributed by atoms with van der Waals surface area (Å²) in [5, 5.41) is 26.5. The SMILES string of the molecule is CC1(C)CCCC(C)(C)N1.[O-][N+]1=C2CCC/C(=N\O)C2=NC1. The van der Waals surface area contributed by atoms with Gasteiger partial charge >= 0.3 is 0 Å². The van der Waals surface area contributed by atoms with Crippen LogP contribution in [0, 0.1) is 5.21 Å². The van der Waals surface area contributed by atoms with Gasteiger partial charge in [-0.1, -0.05) is 5.16 Å². The van der Waals surface area contributed by atoms with Gasteiger partial charge in [-0.15, -0.1) is 0 Å². The van der Waals surface area contributed by atoms with Crippen LogP contribution in [0.3, 0.4) is 0 Å². The minimum Gasteiger partial charge on any atom is -0.622 e. The van der Waals surface area contributed by atoms with Crippen molar-refractivity contribution in [2.45, 2.75) is 77.3 Å². The molecule has 0 radical (unpaired) electrons. The Balaban J connectivity index is 0.000000164. The molecule has 6 heteroatoms. The molecule has 6 nitrogen and oxygen atoms in total. The number of rotatable bonds is 0. The molecule has 0 amide bonds. The maximum absolute atomic E-state index is 11.1. The lowest BCUT2D eigenvalue weighted by molar-refractivity contribution is -0.450. The fourth-order valence-electron chi connectivity index (χ4n) is 3.58. The Hall–Kier alpha value is -1.43. The quantitative estimate of drug-likeness (QED) is 0.312. The fraction of sp³-hybridized carbons (Fsp3) is 0.812. The van der Waals surface area contributed by atoms with Gasteiger partial charge in [-0.3, -0.25) is 0 Å². The second-order valence-electron chi connectivity index (χ2n) is 7.62. The van der Waals surface area contributed by atoms with Crippen LogP contribution in [0.5, 0.6) is 0 Å². The Morgan fingerprint density at radius 3 is 2.27 bits per heavy atom. The lowest BCUT2D eigenvalue weighted by Crippen LogP contribution is -2.55. The van der Waals surface area contributed by atoms with Gasteiger partial charge in [0, 0.05) is 17.5 Å². The number of nitrogens with one attached hydrogen (secondary N) is 1. The third-order valence-corrected chi connectivity index (χ3v) is 4.43. The summed E-state index contributed by atoms with van der Waals surface area (Å²) in [4.78, 5) is 3.99. The molecule has 0 atom stereocenters. The highest BCUT2D eigenvalue weighted by Crippen LogP contribution is 2.27. The first-order valence-corrected chi connectivity index (χ1v) is 8.10. The fourth-order valence-corrected chi connectivity index (χ4v) is 3.58. The molecule has 0 aromatic rings. The molecule has 2 aliphatic heterocycles. The van der Waals surface area contributed by atoms with Crippen molar-refractivity contribution < 1.29 is 9.95 Å². The van der Waals surface area contributed by atoms with Crippen molar-refractivity contribution in [2.75, 3.05) is 6.67 Å². The van der Waals surface area contributed by atoms with Crippen molar-refractivity contribution in [3.05, 3.63) is 5.21 Å². The molecule has 124 valence electrons. The highest BCUT2D eigenvalue weighted by Gasteiger charge is 2.32.